The first-order valence-electron chi connectivity index (χ1n) is 8.56. The summed E-state index contributed by atoms with van der Waals surface area (Å²) in [5, 5.41) is 0. The second kappa shape index (κ2) is 9.59. The highest BCUT2D eigenvalue weighted by atomic mass is 28.3. The van der Waals surface area contributed by atoms with Crippen LogP contribution in [0.2, 0.25) is 19.6 Å². The third-order valence-electron chi connectivity index (χ3n) is 3.53. The molecule has 0 amide bonds. The van der Waals surface area contributed by atoms with Crippen molar-refractivity contribution in [1.29, 1.82) is 0 Å². The minimum absolute atomic E-state index is 0.125. The third kappa shape index (κ3) is 7.46. The van der Waals surface area contributed by atoms with Gasteiger partial charge in [-0.05, 0) is 0 Å². The predicted octanol–water partition coefficient (Wildman–Crippen LogP) is 1.31. The van der Waals surface area contributed by atoms with Crippen molar-refractivity contribution in [3.05, 3.63) is 0 Å². The van der Waals surface area contributed by atoms with Crippen molar-refractivity contribution < 1.29 is 33.3 Å². The molecule has 8 heteroatoms. The van der Waals surface area contributed by atoms with E-state index in [2.05, 4.69) is 17.4 Å². The van der Waals surface area contributed by atoms with E-state index in [9.17, 15) is 14.4 Å². The maximum atomic E-state index is 11.6. The van der Waals surface area contributed by atoms with E-state index in [1.165, 1.54) is 20.8 Å². The van der Waals surface area contributed by atoms with Gasteiger partial charge in [0.1, 0.15) is 20.8 Å². The van der Waals surface area contributed by atoms with Gasteiger partial charge in [0, 0.05) is 20.8 Å². The van der Waals surface area contributed by atoms with E-state index >= 15 is 0 Å². The Labute approximate surface area is 161 Å². The van der Waals surface area contributed by atoms with Crippen molar-refractivity contribution in [3.63, 3.8) is 0 Å². The number of rotatable bonds is 4. The summed E-state index contributed by atoms with van der Waals surface area (Å²) in [6.07, 6.45) is 2.05. The zero-order valence-corrected chi connectivity index (χ0v) is 17.5. The lowest BCUT2D eigenvalue weighted by Crippen LogP contribution is -2.57. The molecule has 7 nitrogen and oxygen atoms in total. The third-order valence-corrected chi connectivity index (χ3v) is 4.43. The Hall–Kier alpha value is -2.29. The molecule has 0 unspecified atom stereocenters. The molecule has 1 aliphatic rings. The predicted molar refractivity (Wildman–Crippen MR) is 99.8 cm³/mol. The monoisotopic (exact) mass is 394 g/mol. The normalized spacial score (nSPS) is 27.4. The summed E-state index contributed by atoms with van der Waals surface area (Å²) in [7, 11) is -1.76. The molecule has 0 aromatic carbocycles. The van der Waals surface area contributed by atoms with Crippen molar-refractivity contribution in [2.75, 3.05) is 6.61 Å². The highest BCUT2D eigenvalue weighted by molar-refractivity contribution is 6.83. The molecule has 0 N–H and O–H groups in total. The van der Waals surface area contributed by atoms with Gasteiger partial charge in [-0.2, -0.15) is 0 Å². The van der Waals surface area contributed by atoms with Gasteiger partial charge in [-0.1, -0.05) is 31.5 Å². The SMILES string of the molecule is C#C[C@H]1[C@H](OC(C)=O)[C@@H](OC(C)=O)[C@@H](C#C[Si](C)(C)C)O[C@@H]1COC(C)=O. The maximum Gasteiger partial charge on any atom is 0.303 e. The van der Waals surface area contributed by atoms with Gasteiger partial charge in [0.25, 0.3) is 0 Å². The summed E-state index contributed by atoms with van der Waals surface area (Å²) < 4.78 is 21.7. The van der Waals surface area contributed by atoms with Gasteiger partial charge in [-0.15, -0.1) is 12.0 Å². The smallest absolute Gasteiger partial charge is 0.303 e. The number of hydrogen-bond donors (Lipinski definition) is 0. The van der Waals surface area contributed by atoms with Crippen molar-refractivity contribution in [1.82, 2.24) is 0 Å². The molecule has 27 heavy (non-hydrogen) atoms. The molecule has 0 bridgehead atoms. The molecule has 0 radical (unpaired) electrons. The Morgan fingerprint density at radius 3 is 2.00 bits per heavy atom. The highest BCUT2D eigenvalue weighted by Crippen LogP contribution is 2.31. The first-order chi connectivity index (χ1) is 12.4. The molecule has 0 aromatic rings. The van der Waals surface area contributed by atoms with Gasteiger partial charge >= 0.3 is 17.9 Å². The van der Waals surface area contributed by atoms with Crippen LogP contribution in [0.1, 0.15) is 20.8 Å². The Kier molecular flexibility index (Phi) is 8.08. The summed E-state index contributed by atoms with van der Waals surface area (Å²) >= 11 is 0. The minimum Gasteiger partial charge on any atom is -0.463 e. The van der Waals surface area contributed by atoms with E-state index in [4.69, 9.17) is 25.4 Å². The molecule has 0 aromatic heterocycles. The van der Waals surface area contributed by atoms with Gasteiger partial charge < -0.3 is 18.9 Å². The summed E-state index contributed by atoms with van der Waals surface area (Å²) in [6.45, 7) is 9.76. The lowest BCUT2D eigenvalue weighted by atomic mass is 9.87. The van der Waals surface area contributed by atoms with E-state index in [1.807, 2.05) is 19.6 Å². The number of ether oxygens (including phenoxy) is 4. The van der Waals surface area contributed by atoms with E-state index in [0.717, 1.165) is 0 Å². The van der Waals surface area contributed by atoms with Crippen molar-refractivity contribution in [2.24, 2.45) is 5.92 Å². The number of carbonyl (C=O) groups excluding carboxylic acids is 3. The fourth-order valence-corrected chi connectivity index (χ4v) is 3.11. The second-order valence-electron chi connectivity index (χ2n) is 7.26. The maximum absolute atomic E-state index is 11.6. The van der Waals surface area contributed by atoms with Crippen LogP contribution < -0.4 is 0 Å². The second-order valence-corrected chi connectivity index (χ2v) is 12.0. The Balaban J connectivity index is 3.31. The van der Waals surface area contributed by atoms with Crippen LogP contribution in [0.25, 0.3) is 0 Å². The van der Waals surface area contributed by atoms with Crippen LogP contribution in [0.5, 0.6) is 0 Å². The molecule has 0 aliphatic carbocycles. The topological polar surface area (TPSA) is 88.1 Å². The van der Waals surface area contributed by atoms with Crippen LogP contribution in [-0.2, 0) is 33.3 Å². The van der Waals surface area contributed by atoms with Crippen LogP contribution in [0, 0.1) is 29.7 Å². The van der Waals surface area contributed by atoms with Crippen LogP contribution in [0.3, 0.4) is 0 Å². The highest BCUT2D eigenvalue weighted by Gasteiger charge is 2.49. The van der Waals surface area contributed by atoms with Crippen LogP contribution in [-0.4, -0.2) is 57.0 Å². The largest absolute Gasteiger partial charge is 0.463 e. The number of carbonyl (C=O) groups is 3. The van der Waals surface area contributed by atoms with Crippen molar-refractivity contribution >= 4 is 26.0 Å². The lowest BCUT2D eigenvalue weighted by molar-refractivity contribution is -0.213. The quantitative estimate of drug-likeness (QED) is 0.307. The minimum atomic E-state index is -1.76. The van der Waals surface area contributed by atoms with E-state index in [-0.39, 0.29) is 6.61 Å². The first-order valence-corrected chi connectivity index (χ1v) is 12.1. The van der Waals surface area contributed by atoms with Crippen LogP contribution in [0.15, 0.2) is 0 Å². The molecule has 0 saturated carbocycles. The van der Waals surface area contributed by atoms with E-state index < -0.39 is 56.3 Å². The molecule has 1 rings (SSSR count). The average Bonchev–Trinajstić information content (AvgIpc) is 2.51. The first kappa shape index (κ1) is 22.7. The number of hydrogen-bond acceptors (Lipinski definition) is 7. The number of esters is 3. The Morgan fingerprint density at radius 2 is 1.56 bits per heavy atom. The van der Waals surface area contributed by atoms with Crippen molar-refractivity contribution in [2.45, 2.75) is 64.8 Å². The molecule has 1 saturated heterocycles. The standard InChI is InChI=1S/C19H26O7Si/c1-8-15-17(11-23-12(2)20)26-16(9-10-27(5,6)7)19(25-14(4)22)18(15)24-13(3)21/h1,15-19H,11H2,2-7H3/t15-,16-,17-,18+,19+/m1/s1. The summed E-state index contributed by atoms with van der Waals surface area (Å²) in [5.41, 5.74) is 3.16. The summed E-state index contributed by atoms with van der Waals surface area (Å²) in [4.78, 5) is 34.4. The van der Waals surface area contributed by atoms with Gasteiger partial charge in [0.2, 0.25) is 0 Å². The van der Waals surface area contributed by atoms with Crippen LogP contribution in [0.4, 0.5) is 0 Å². The fraction of sp³-hybridized carbons (Fsp3) is 0.632. The summed E-state index contributed by atoms with van der Waals surface area (Å²) in [5.74, 6) is 3.07. The van der Waals surface area contributed by atoms with E-state index in [1.54, 1.807) is 0 Å². The molecule has 1 fully saturated rings. The summed E-state index contributed by atoms with van der Waals surface area (Å²) in [6, 6.07) is 0. The molecule has 1 heterocycles. The molecule has 1 aliphatic heterocycles. The molecule has 5 atom stereocenters. The lowest BCUT2D eigenvalue weighted by Gasteiger charge is -2.42. The zero-order valence-electron chi connectivity index (χ0n) is 16.5. The Bertz CT molecular complexity index is 677. The van der Waals surface area contributed by atoms with Gasteiger partial charge in [0.15, 0.2) is 18.3 Å². The number of terminal acetylenes is 1. The fourth-order valence-electron chi connectivity index (χ4n) is 2.54. The van der Waals surface area contributed by atoms with Gasteiger partial charge in [0.05, 0.1) is 5.92 Å². The van der Waals surface area contributed by atoms with Crippen molar-refractivity contribution in [3.8, 4) is 23.8 Å². The van der Waals surface area contributed by atoms with Crippen LogP contribution >= 0.6 is 0 Å². The zero-order chi connectivity index (χ0) is 20.8. The van der Waals surface area contributed by atoms with Gasteiger partial charge in [-0.25, -0.2) is 0 Å². The average molecular weight is 394 g/mol. The van der Waals surface area contributed by atoms with E-state index in [0.29, 0.717) is 0 Å². The molecular weight excluding hydrogens is 368 g/mol. The Morgan fingerprint density at radius 1 is 1.00 bits per heavy atom. The van der Waals surface area contributed by atoms with Gasteiger partial charge in [-0.3, -0.25) is 14.4 Å². The molecule has 148 valence electrons. The molecule has 0 spiro atoms. The molecular formula is C19H26O7Si.